The summed E-state index contributed by atoms with van der Waals surface area (Å²) in [6, 6.07) is 12.7. The summed E-state index contributed by atoms with van der Waals surface area (Å²) in [5, 5.41) is 3.02. The highest BCUT2D eigenvalue weighted by Gasteiger charge is 2.32. The Hall–Kier alpha value is -3.04. The molecule has 1 aliphatic rings. The predicted molar refractivity (Wildman–Crippen MR) is 117 cm³/mol. The first-order valence-electron chi connectivity index (χ1n) is 10.2. The van der Waals surface area contributed by atoms with E-state index in [-0.39, 0.29) is 17.4 Å². The van der Waals surface area contributed by atoms with E-state index in [9.17, 15) is 13.2 Å². The number of hydrogen-bond acceptors (Lipinski definition) is 6. The standard InChI is InChI=1S/C22H25N5O3S/c1-17-23-9-10-27(17)20-15-18(7-8-24-20)16-25-22(28)21(19-5-3-2-4-6-19)26-11-13-31(29,30)14-12-26/h2-10,15,21H,11-14,16H2,1H3,(H,25,28). The average Bonchev–Trinajstić information content (AvgIpc) is 3.20. The van der Waals surface area contributed by atoms with Gasteiger partial charge in [0.1, 0.15) is 17.7 Å². The Balaban J connectivity index is 1.50. The molecule has 1 aromatic carbocycles. The van der Waals surface area contributed by atoms with Crippen molar-refractivity contribution in [2.24, 2.45) is 0 Å². The Labute approximate surface area is 181 Å². The molecule has 1 atom stereocenters. The zero-order valence-electron chi connectivity index (χ0n) is 17.3. The fourth-order valence-corrected chi connectivity index (χ4v) is 4.99. The molecule has 8 nitrogen and oxygen atoms in total. The van der Waals surface area contributed by atoms with Crippen LogP contribution in [-0.2, 0) is 21.2 Å². The van der Waals surface area contributed by atoms with Crippen LogP contribution in [0.5, 0.6) is 0 Å². The van der Waals surface area contributed by atoms with Gasteiger partial charge >= 0.3 is 0 Å². The largest absolute Gasteiger partial charge is 0.350 e. The minimum Gasteiger partial charge on any atom is -0.350 e. The van der Waals surface area contributed by atoms with E-state index in [1.807, 2.05) is 65.1 Å². The summed E-state index contributed by atoms with van der Waals surface area (Å²) in [6.07, 6.45) is 5.27. The van der Waals surface area contributed by atoms with Crippen molar-refractivity contribution in [3.05, 3.63) is 78.0 Å². The Morgan fingerprint density at radius 3 is 2.52 bits per heavy atom. The summed E-state index contributed by atoms with van der Waals surface area (Å²) >= 11 is 0. The first-order chi connectivity index (χ1) is 14.9. The van der Waals surface area contributed by atoms with E-state index < -0.39 is 15.9 Å². The molecule has 3 heterocycles. The molecule has 1 unspecified atom stereocenters. The average molecular weight is 440 g/mol. The number of aryl methyl sites for hydroxylation is 1. The molecule has 1 saturated heterocycles. The fraction of sp³-hybridized carbons (Fsp3) is 0.318. The van der Waals surface area contributed by atoms with Crippen LogP contribution in [0.2, 0.25) is 0 Å². The molecular formula is C22H25N5O3S. The molecular weight excluding hydrogens is 414 g/mol. The number of carbonyl (C=O) groups excluding carboxylic acids is 1. The molecule has 9 heteroatoms. The van der Waals surface area contributed by atoms with Crippen molar-refractivity contribution in [2.45, 2.75) is 19.5 Å². The molecule has 0 radical (unpaired) electrons. The molecule has 0 aliphatic carbocycles. The maximum Gasteiger partial charge on any atom is 0.242 e. The van der Waals surface area contributed by atoms with Crippen molar-refractivity contribution in [2.75, 3.05) is 24.6 Å². The zero-order valence-corrected chi connectivity index (χ0v) is 18.1. The van der Waals surface area contributed by atoms with E-state index in [1.54, 1.807) is 12.4 Å². The molecule has 4 rings (SSSR count). The predicted octanol–water partition coefficient (Wildman–Crippen LogP) is 1.66. The lowest BCUT2D eigenvalue weighted by Gasteiger charge is -2.33. The second-order valence-corrected chi connectivity index (χ2v) is 9.89. The number of nitrogens with zero attached hydrogens (tertiary/aromatic N) is 4. The van der Waals surface area contributed by atoms with Gasteiger partial charge in [0, 0.05) is 38.2 Å². The minimum absolute atomic E-state index is 0.0710. The second-order valence-electron chi connectivity index (χ2n) is 7.59. The van der Waals surface area contributed by atoms with Crippen molar-refractivity contribution >= 4 is 15.7 Å². The molecule has 1 N–H and O–H groups in total. The summed E-state index contributed by atoms with van der Waals surface area (Å²) in [6.45, 7) is 2.93. The topological polar surface area (TPSA) is 97.2 Å². The van der Waals surface area contributed by atoms with Gasteiger partial charge in [-0.2, -0.15) is 0 Å². The van der Waals surface area contributed by atoms with Crippen LogP contribution in [0.3, 0.4) is 0 Å². The molecule has 2 aromatic heterocycles. The van der Waals surface area contributed by atoms with Gasteiger partial charge in [0.25, 0.3) is 0 Å². The second kappa shape index (κ2) is 8.99. The Bertz CT molecular complexity index is 1150. The third-order valence-corrected chi connectivity index (χ3v) is 7.07. The maximum absolute atomic E-state index is 13.2. The Morgan fingerprint density at radius 1 is 1.10 bits per heavy atom. The van der Waals surface area contributed by atoms with Gasteiger partial charge in [0.05, 0.1) is 11.5 Å². The molecule has 1 amide bonds. The van der Waals surface area contributed by atoms with Gasteiger partial charge in [-0.3, -0.25) is 14.3 Å². The summed E-state index contributed by atoms with van der Waals surface area (Å²) in [5.74, 6) is 1.56. The lowest BCUT2D eigenvalue weighted by molar-refractivity contribution is -0.126. The van der Waals surface area contributed by atoms with Crippen LogP contribution >= 0.6 is 0 Å². The van der Waals surface area contributed by atoms with Crippen LogP contribution in [0.1, 0.15) is 23.0 Å². The van der Waals surface area contributed by atoms with Gasteiger partial charge in [0.15, 0.2) is 9.84 Å². The number of sulfone groups is 1. The summed E-state index contributed by atoms with van der Waals surface area (Å²) in [5.41, 5.74) is 1.77. The highest BCUT2D eigenvalue weighted by atomic mass is 32.2. The maximum atomic E-state index is 13.2. The number of amides is 1. The Kier molecular flexibility index (Phi) is 6.15. The van der Waals surface area contributed by atoms with E-state index in [1.165, 1.54) is 0 Å². The molecule has 1 fully saturated rings. The van der Waals surface area contributed by atoms with Crippen molar-refractivity contribution in [3.8, 4) is 5.82 Å². The van der Waals surface area contributed by atoms with Gasteiger partial charge < -0.3 is 5.32 Å². The summed E-state index contributed by atoms with van der Waals surface area (Å²) in [4.78, 5) is 23.8. The third kappa shape index (κ3) is 5.00. The number of aromatic nitrogens is 3. The van der Waals surface area contributed by atoms with Gasteiger partial charge in [-0.25, -0.2) is 18.4 Å². The molecule has 0 spiro atoms. The smallest absolute Gasteiger partial charge is 0.242 e. The van der Waals surface area contributed by atoms with Crippen molar-refractivity contribution in [1.29, 1.82) is 0 Å². The van der Waals surface area contributed by atoms with Gasteiger partial charge in [0.2, 0.25) is 5.91 Å². The molecule has 1 aliphatic heterocycles. The van der Waals surface area contributed by atoms with Gasteiger partial charge in [-0.05, 0) is 30.2 Å². The number of imidazole rings is 1. The minimum atomic E-state index is -3.03. The van der Waals surface area contributed by atoms with Crippen LogP contribution in [0.15, 0.2) is 61.1 Å². The Morgan fingerprint density at radius 2 is 1.84 bits per heavy atom. The van der Waals surface area contributed by atoms with Crippen LogP contribution in [0.4, 0.5) is 0 Å². The van der Waals surface area contributed by atoms with E-state index >= 15 is 0 Å². The number of rotatable bonds is 6. The van der Waals surface area contributed by atoms with Gasteiger partial charge in [-0.1, -0.05) is 30.3 Å². The normalized spacial score (nSPS) is 17.2. The number of hydrogen-bond donors (Lipinski definition) is 1. The van der Waals surface area contributed by atoms with Crippen molar-refractivity contribution < 1.29 is 13.2 Å². The quantitative estimate of drug-likeness (QED) is 0.628. The molecule has 3 aromatic rings. The molecule has 162 valence electrons. The summed E-state index contributed by atoms with van der Waals surface area (Å²) < 4.78 is 25.6. The van der Waals surface area contributed by atoms with E-state index in [0.717, 1.165) is 22.8 Å². The molecule has 0 bridgehead atoms. The fourth-order valence-electron chi connectivity index (χ4n) is 3.76. The first-order valence-corrected chi connectivity index (χ1v) is 12.0. The van der Waals surface area contributed by atoms with Gasteiger partial charge in [-0.15, -0.1) is 0 Å². The van der Waals surface area contributed by atoms with Crippen molar-refractivity contribution in [3.63, 3.8) is 0 Å². The van der Waals surface area contributed by atoms with Crippen LogP contribution < -0.4 is 5.32 Å². The van der Waals surface area contributed by atoms with Crippen LogP contribution in [0.25, 0.3) is 5.82 Å². The third-order valence-electron chi connectivity index (χ3n) is 5.46. The van der Waals surface area contributed by atoms with Crippen molar-refractivity contribution in [1.82, 2.24) is 24.8 Å². The van der Waals surface area contributed by atoms with Crippen LogP contribution in [0, 0.1) is 6.92 Å². The number of nitrogens with one attached hydrogen (secondary N) is 1. The van der Waals surface area contributed by atoms with E-state index in [4.69, 9.17) is 0 Å². The molecule has 0 saturated carbocycles. The summed E-state index contributed by atoms with van der Waals surface area (Å²) in [7, 11) is -3.03. The van der Waals surface area contributed by atoms with Crippen LogP contribution in [-0.4, -0.2) is 58.4 Å². The van der Waals surface area contributed by atoms with E-state index in [0.29, 0.717) is 19.6 Å². The lowest BCUT2D eigenvalue weighted by Crippen LogP contribution is -2.47. The SMILES string of the molecule is Cc1nccn1-c1cc(CNC(=O)C(c2ccccc2)N2CCS(=O)(=O)CC2)ccn1. The molecule has 31 heavy (non-hydrogen) atoms. The highest BCUT2D eigenvalue weighted by Crippen LogP contribution is 2.23. The zero-order chi connectivity index (χ0) is 21.8. The van der Waals surface area contributed by atoms with E-state index in [2.05, 4.69) is 15.3 Å². The number of benzene rings is 1. The lowest BCUT2D eigenvalue weighted by atomic mass is 10.0. The highest BCUT2D eigenvalue weighted by molar-refractivity contribution is 7.91. The first kappa shape index (κ1) is 21.2. The monoisotopic (exact) mass is 439 g/mol. The number of carbonyl (C=O) groups is 1. The number of pyridine rings is 1.